The maximum absolute atomic E-state index is 12.5. The highest BCUT2D eigenvalue weighted by atomic mass is 16.2. The Bertz CT molecular complexity index is 628. The molecule has 1 aromatic heterocycles. The first-order valence-corrected chi connectivity index (χ1v) is 15.7. The molecule has 36 heavy (non-hydrogen) atoms. The molecule has 4 heteroatoms. The fourth-order valence-electron chi connectivity index (χ4n) is 5.44. The van der Waals surface area contributed by atoms with E-state index in [0.717, 1.165) is 26.2 Å². The van der Waals surface area contributed by atoms with Gasteiger partial charge in [0.15, 0.2) is 0 Å². The zero-order valence-electron chi connectivity index (χ0n) is 23.7. The first kappa shape index (κ1) is 30.8. The molecule has 1 aromatic rings. The second kappa shape index (κ2) is 21.6. The molecular formula is C32H57N3O. The van der Waals surface area contributed by atoms with E-state index in [2.05, 4.69) is 16.8 Å². The number of nitrogens with zero attached hydrogens (tertiary/aromatic N) is 3. The van der Waals surface area contributed by atoms with Crippen molar-refractivity contribution in [2.45, 2.75) is 135 Å². The van der Waals surface area contributed by atoms with Crippen LogP contribution in [0.2, 0.25) is 0 Å². The van der Waals surface area contributed by atoms with Gasteiger partial charge in [0.05, 0.1) is 5.56 Å². The minimum Gasteiger partial charge on any atom is -0.336 e. The van der Waals surface area contributed by atoms with E-state index in [0.29, 0.717) is 5.56 Å². The van der Waals surface area contributed by atoms with Gasteiger partial charge < -0.3 is 4.90 Å². The van der Waals surface area contributed by atoms with Gasteiger partial charge in [-0.3, -0.25) is 14.7 Å². The summed E-state index contributed by atoms with van der Waals surface area (Å²) in [6.45, 7) is 7.18. The van der Waals surface area contributed by atoms with Crippen molar-refractivity contribution in [2.75, 3.05) is 32.7 Å². The molecule has 2 rings (SSSR count). The Kier molecular flexibility index (Phi) is 18.5. The van der Waals surface area contributed by atoms with Crippen molar-refractivity contribution in [3.05, 3.63) is 30.1 Å². The highest BCUT2D eigenvalue weighted by Gasteiger charge is 2.21. The molecule has 1 saturated heterocycles. The molecule has 1 amide bonds. The lowest BCUT2D eigenvalue weighted by Crippen LogP contribution is -2.48. The van der Waals surface area contributed by atoms with Crippen LogP contribution in [0.5, 0.6) is 0 Å². The van der Waals surface area contributed by atoms with Crippen molar-refractivity contribution in [1.82, 2.24) is 14.8 Å². The summed E-state index contributed by atoms with van der Waals surface area (Å²) in [7, 11) is 0. The lowest BCUT2D eigenvalue weighted by atomic mass is 10.0. The van der Waals surface area contributed by atoms with Gasteiger partial charge in [-0.25, -0.2) is 0 Å². The Hall–Kier alpha value is -1.42. The van der Waals surface area contributed by atoms with Crippen LogP contribution in [0.4, 0.5) is 0 Å². The van der Waals surface area contributed by atoms with Gasteiger partial charge in [-0.15, -0.1) is 0 Å². The van der Waals surface area contributed by atoms with E-state index in [-0.39, 0.29) is 5.91 Å². The van der Waals surface area contributed by atoms with Gasteiger partial charge in [0.25, 0.3) is 5.91 Å². The van der Waals surface area contributed by atoms with Crippen LogP contribution in [0.15, 0.2) is 24.5 Å². The molecule has 0 saturated carbocycles. The predicted molar refractivity (Wildman–Crippen MR) is 155 cm³/mol. The number of aromatic nitrogens is 1. The second-order valence-corrected chi connectivity index (χ2v) is 11.1. The molecule has 1 aliphatic heterocycles. The van der Waals surface area contributed by atoms with Gasteiger partial charge >= 0.3 is 0 Å². The smallest absolute Gasteiger partial charge is 0.255 e. The predicted octanol–water partition coefficient (Wildman–Crippen LogP) is 8.66. The molecule has 1 aliphatic rings. The third kappa shape index (κ3) is 15.0. The molecule has 206 valence electrons. The third-order valence-corrected chi connectivity index (χ3v) is 7.90. The Morgan fingerprint density at radius 2 is 1.11 bits per heavy atom. The molecule has 0 aliphatic carbocycles. The van der Waals surface area contributed by atoms with Crippen molar-refractivity contribution in [3.8, 4) is 0 Å². The lowest BCUT2D eigenvalue weighted by Gasteiger charge is -2.34. The van der Waals surface area contributed by atoms with Crippen molar-refractivity contribution in [1.29, 1.82) is 0 Å². The number of piperazine rings is 1. The number of amides is 1. The van der Waals surface area contributed by atoms with E-state index in [9.17, 15) is 4.79 Å². The van der Waals surface area contributed by atoms with Crippen molar-refractivity contribution >= 4 is 5.91 Å². The quantitative estimate of drug-likeness (QED) is 0.150. The molecule has 4 nitrogen and oxygen atoms in total. The Labute approximate surface area is 223 Å². The van der Waals surface area contributed by atoms with Crippen molar-refractivity contribution in [2.24, 2.45) is 0 Å². The van der Waals surface area contributed by atoms with Gasteiger partial charge in [-0.1, -0.05) is 129 Å². The fourth-order valence-corrected chi connectivity index (χ4v) is 5.44. The van der Waals surface area contributed by atoms with Crippen LogP contribution in [-0.4, -0.2) is 53.4 Å². The molecule has 0 spiro atoms. The molecule has 1 fully saturated rings. The topological polar surface area (TPSA) is 36.4 Å². The molecule has 0 N–H and O–H groups in total. The maximum Gasteiger partial charge on any atom is 0.255 e. The summed E-state index contributed by atoms with van der Waals surface area (Å²) in [6, 6.07) is 3.70. The van der Waals surface area contributed by atoms with Crippen LogP contribution >= 0.6 is 0 Å². The van der Waals surface area contributed by atoms with Gasteiger partial charge in [-0.05, 0) is 25.1 Å². The normalized spacial score (nSPS) is 14.4. The van der Waals surface area contributed by atoms with Crippen LogP contribution in [0, 0.1) is 0 Å². The van der Waals surface area contributed by atoms with Crippen molar-refractivity contribution < 1.29 is 4.79 Å². The number of carbonyl (C=O) groups excluding carboxylic acids is 1. The monoisotopic (exact) mass is 499 g/mol. The lowest BCUT2D eigenvalue weighted by molar-refractivity contribution is 0.0634. The largest absolute Gasteiger partial charge is 0.336 e. The number of carbonyl (C=O) groups is 1. The van der Waals surface area contributed by atoms with Gasteiger partial charge in [0, 0.05) is 38.6 Å². The van der Waals surface area contributed by atoms with Crippen LogP contribution in [0.1, 0.15) is 146 Å². The minimum absolute atomic E-state index is 0.126. The summed E-state index contributed by atoms with van der Waals surface area (Å²) in [5, 5.41) is 0. The number of hydrogen-bond acceptors (Lipinski definition) is 3. The standard InChI is InChI=1S/C32H57N3O/c1-2-3-4-5-6-7-8-9-10-11-12-13-14-15-16-17-18-19-20-21-25-34-26-28-35(29-27-34)32(36)31-23-22-24-33-30-31/h22-24,30H,2-21,25-29H2,1H3. The zero-order valence-corrected chi connectivity index (χ0v) is 23.7. The third-order valence-electron chi connectivity index (χ3n) is 7.90. The van der Waals surface area contributed by atoms with Gasteiger partial charge in [-0.2, -0.15) is 0 Å². The van der Waals surface area contributed by atoms with Crippen LogP contribution in [0.3, 0.4) is 0 Å². The first-order valence-electron chi connectivity index (χ1n) is 15.7. The minimum atomic E-state index is 0.126. The van der Waals surface area contributed by atoms with Crippen LogP contribution in [-0.2, 0) is 0 Å². The molecule has 2 heterocycles. The molecule has 0 unspecified atom stereocenters. The number of unbranched alkanes of at least 4 members (excludes halogenated alkanes) is 19. The summed E-state index contributed by atoms with van der Waals surface area (Å²) in [4.78, 5) is 21.1. The molecular weight excluding hydrogens is 442 g/mol. The van der Waals surface area contributed by atoms with Gasteiger partial charge in [0.1, 0.15) is 0 Å². The summed E-state index contributed by atoms with van der Waals surface area (Å²) in [5.74, 6) is 0.126. The summed E-state index contributed by atoms with van der Waals surface area (Å²) < 4.78 is 0. The summed E-state index contributed by atoms with van der Waals surface area (Å²) in [5.41, 5.74) is 0.708. The van der Waals surface area contributed by atoms with Crippen LogP contribution in [0.25, 0.3) is 0 Å². The highest BCUT2D eigenvalue weighted by Crippen LogP contribution is 2.15. The van der Waals surface area contributed by atoms with Crippen molar-refractivity contribution in [3.63, 3.8) is 0 Å². The maximum atomic E-state index is 12.5. The van der Waals surface area contributed by atoms with E-state index in [1.54, 1.807) is 12.4 Å². The van der Waals surface area contributed by atoms with E-state index in [1.165, 1.54) is 135 Å². The highest BCUT2D eigenvalue weighted by molar-refractivity contribution is 5.93. The summed E-state index contributed by atoms with van der Waals surface area (Å²) >= 11 is 0. The van der Waals surface area contributed by atoms with Gasteiger partial charge in [0.2, 0.25) is 0 Å². The van der Waals surface area contributed by atoms with E-state index in [1.807, 2.05) is 17.0 Å². The molecule has 0 radical (unpaired) electrons. The summed E-state index contributed by atoms with van der Waals surface area (Å²) in [6.07, 6.45) is 32.0. The molecule has 0 bridgehead atoms. The number of hydrogen-bond donors (Lipinski definition) is 0. The zero-order chi connectivity index (χ0) is 25.5. The average molecular weight is 500 g/mol. The fraction of sp³-hybridized carbons (Fsp3) is 0.812. The van der Waals surface area contributed by atoms with E-state index >= 15 is 0 Å². The number of pyridine rings is 1. The van der Waals surface area contributed by atoms with E-state index < -0.39 is 0 Å². The molecule has 0 atom stereocenters. The Morgan fingerprint density at radius 1 is 0.667 bits per heavy atom. The molecule has 0 aromatic carbocycles. The average Bonchev–Trinajstić information content (AvgIpc) is 2.92. The Morgan fingerprint density at radius 3 is 1.53 bits per heavy atom. The van der Waals surface area contributed by atoms with Crippen LogP contribution < -0.4 is 0 Å². The SMILES string of the molecule is CCCCCCCCCCCCCCCCCCCCCCN1CCN(C(=O)c2cccnc2)CC1. The second-order valence-electron chi connectivity index (χ2n) is 11.1. The van der Waals surface area contributed by atoms with E-state index in [4.69, 9.17) is 0 Å². The number of rotatable bonds is 22. The first-order chi connectivity index (χ1) is 17.8. The Balaban J connectivity index is 1.28.